The first-order chi connectivity index (χ1) is 12.2. The smallest absolute Gasteiger partial charge is 0.243 e. The average molecular weight is 362 g/mol. The van der Waals surface area contributed by atoms with Crippen molar-refractivity contribution in [2.24, 2.45) is 0 Å². The number of amides is 2. The van der Waals surface area contributed by atoms with Crippen LogP contribution in [0.3, 0.4) is 0 Å². The number of piperazine rings is 1. The van der Waals surface area contributed by atoms with Crippen LogP contribution < -0.4 is 11.1 Å². The van der Waals surface area contributed by atoms with Crippen LogP contribution in [-0.4, -0.2) is 70.3 Å². The van der Waals surface area contributed by atoms with Gasteiger partial charge in [-0.3, -0.25) is 14.5 Å². The van der Waals surface area contributed by atoms with Crippen LogP contribution in [0.5, 0.6) is 0 Å². The molecule has 1 atom stereocenters. The summed E-state index contributed by atoms with van der Waals surface area (Å²) in [5, 5.41) is 2.68. The minimum atomic E-state index is -0.450. The first-order valence-electron chi connectivity index (χ1n) is 9.09. The maximum absolute atomic E-state index is 12.8. The summed E-state index contributed by atoms with van der Waals surface area (Å²) in [6.07, 6.45) is 0.867. The van der Waals surface area contributed by atoms with Crippen molar-refractivity contribution in [3.8, 4) is 0 Å². The number of aromatic nitrogens is 2. The summed E-state index contributed by atoms with van der Waals surface area (Å²) < 4.78 is 0. The van der Waals surface area contributed by atoms with Gasteiger partial charge in [0.15, 0.2) is 0 Å². The van der Waals surface area contributed by atoms with Gasteiger partial charge < -0.3 is 16.0 Å². The van der Waals surface area contributed by atoms with E-state index in [1.807, 2.05) is 13.8 Å². The van der Waals surface area contributed by atoms with E-state index < -0.39 is 6.04 Å². The third-order valence-electron chi connectivity index (χ3n) is 5.04. The molecule has 0 aromatic carbocycles. The standard InChI is InChI=1S/C18H30N6O2/c1-11(2)23-8-9-24(15(10-23)17(26)20-5)16(25)7-6-14-12(3)21-18(19)22-13(14)4/h11,15H,6-10H2,1-5H3,(H,20,26)(H2,19,21,22). The molecule has 1 aliphatic heterocycles. The Labute approximate surface area is 155 Å². The first kappa shape index (κ1) is 20.1. The molecule has 2 rings (SSSR count). The molecule has 1 unspecified atom stereocenters. The Kier molecular flexibility index (Phi) is 6.52. The minimum absolute atomic E-state index is 0.0161. The largest absolute Gasteiger partial charge is 0.368 e. The lowest BCUT2D eigenvalue weighted by Gasteiger charge is -2.42. The molecule has 0 bridgehead atoms. The highest BCUT2D eigenvalue weighted by Crippen LogP contribution is 2.17. The zero-order valence-electron chi connectivity index (χ0n) is 16.4. The van der Waals surface area contributed by atoms with E-state index in [-0.39, 0.29) is 17.8 Å². The van der Waals surface area contributed by atoms with Crippen molar-refractivity contribution in [3.05, 3.63) is 17.0 Å². The quantitative estimate of drug-likeness (QED) is 0.779. The number of likely N-dealkylation sites (N-methyl/N-ethyl adjacent to an activating group) is 1. The molecule has 1 aromatic rings. The maximum atomic E-state index is 12.8. The summed E-state index contributed by atoms with van der Waals surface area (Å²) in [5.41, 5.74) is 8.21. The number of nitrogen functional groups attached to an aromatic ring is 1. The SMILES string of the molecule is CNC(=O)C1CN(C(C)C)CCN1C(=O)CCc1c(C)nc(N)nc1C. The molecule has 8 nitrogen and oxygen atoms in total. The molecule has 1 saturated heterocycles. The van der Waals surface area contributed by atoms with Crippen LogP contribution >= 0.6 is 0 Å². The Balaban J connectivity index is 2.09. The zero-order valence-corrected chi connectivity index (χ0v) is 16.4. The summed E-state index contributed by atoms with van der Waals surface area (Å²) in [7, 11) is 1.61. The number of hydrogen-bond donors (Lipinski definition) is 2. The highest BCUT2D eigenvalue weighted by atomic mass is 16.2. The van der Waals surface area contributed by atoms with E-state index in [2.05, 4.69) is 34.0 Å². The summed E-state index contributed by atoms with van der Waals surface area (Å²) in [4.78, 5) is 37.4. The van der Waals surface area contributed by atoms with Crippen molar-refractivity contribution in [3.63, 3.8) is 0 Å². The number of rotatable bonds is 5. The fraction of sp³-hybridized carbons (Fsp3) is 0.667. The normalized spacial score (nSPS) is 18.2. The molecule has 8 heteroatoms. The number of nitrogens with zero attached hydrogens (tertiary/aromatic N) is 4. The lowest BCUT2D eigenvalue weighted by atomic mass is 10.0. The van der Waals surface area contributed by atoms with E-state index >= 15 is 0 Å². The molecule has 0 saturated carbocycles. The summed E-state index contributed by atoms with van der Waals surface area (Å²) in [5.74, 6) is 0.115. The summed E-state index contributed by atoms with van der Waals surface area (Å²) in [6.45, 7) is 9.85. The Morgan fingerprint density at radius 2 is 1.85 bits per heavy atom. The predicted octanol–water partition coefficient (Wildman–Crippen LogP) is 0.275. The van der Waals surface area contributed by atoms with Crippen molar-refractivity contribution in [2.45, 2.75) is 52.6 Å². The topological polar surface area (TPSA) is 104 Å². The average Bonchev–Trinajstić information content (AvgIpc) is 2.59. The van der Waals surface area contributed by atoms with Crippen LogP contribution in [0.15, 0.2) is 0 Å². The monoisotopic (exact) mass is 362 g/mol. The molecule has 2 heterocycles. The number of carbonyl (C=O) groups excluding carboxylic acids is 2. The molecule has 26 heavy (non-hydrogen) atoms. The molecule has 0 aliphatic carbocycles. The number of anilines is 1. The second-order valence-electron chi connectivity index (χ2n) is 7.04. The van der Waals surface area contributed by atoms with Crippen LogP contribution in [0.1, 0.15) is 37.2 Å². The third-order valence-corrected chi connectivity index (χ3v) is 5.04. The van der Waals surface area contributed by atoms with Gasteiger partial charge in [0, 0.05) is 50.5 Å². The lowest BCUT2D eigenvalue weighted by Crippen LogP contribution is -2.61. The highest BCUT2D eigenvalue weighted by molar-refractivity contribution is 5.88. The minimum Gasteiger partial charge on any atom is -0.368 e. The van der Waals surface area contributed by atoms with Gasteiger partial charge in [-0.1, -0.05) is 0 Å². The van der Waals surface area contributed by atoms with Crippen molar-refractivity contribution >= 4 is 17.8 Å². The second-order valence-corrected chi connectivity index (χ2v) is 7.04. The Hall–Kier alpha value is -2.22. The van der Waals surface area contributed by atoms with Crippen molar-refractivity contribution < 1.29 is 9.59 Å². The first-order valence-corrected chi connectivity index (χ1v) is 9.09. The van der Waals surface area contributed by atoms with Gasteiger partial charge in [0.05, 0.1) is 0 Å². The van der Waals surface area contributed by atoms with Gasteiger partial charge in [0.25, 0.3) is 0 Å². The molecule has 1 aromatic heterocycles. The van der Waals surface area contributed by atoms with Crippen LogP contribution in [-0.2, 0) is 16.0 Å². The highest BCUT2D eigenvalue weighted by Gasteiger charge is 2.35. The fourth-order valence-corrected chi connectivity index (χ4v) is 3.47. The number of carbonyl (C=O) groups is 2. The summed E-state index contributed by atoms with van der Waals surface area (Å²) in [6, 6.07) is -0.106. The van der Waals surface area contributed by atoms with Crippen LogP contribution in [0, 0.1) is 13.8 Å². The molecule has 3 N–H and O–H groups in total. The van der Waals surface area contributed by atoms with Crippen molar-refractivity contribution in [2.75, 3.05) is 32.4 Å². The molecule has 1 aliphatic rings. The second kappa shape index (κ2) is 8.44. The van der Waals surface area contributed by atoms with E-state index in [0.717, 1.165) is 23.5 Å². The molecule has 144 valence electrons. The van der Waals surface area contributed by atoms with E-state index in [1.54, 1.807) is 11.9 Å². The van der Waals surface area contributed by atoms with Gasteiger partial charge in [-0.25, -0.2) is 9.97 Å². The number of nitrogens with one attached hydrogen (secondary N) is 1. The van der Waals surface area contributed by atoms with Gasteiger partial charge in [-0.15, -0.1) is 0 Å². The Morgan fingerprint density at radius 3 is 2.38 bits per heavy atom. The molecule has 2 amide bonds. The van der Waals surface area contributed by atoms with Gasteiger partial charge in [-0.05, 0) is 39.7 Å². The Bertz CT molecular complexity index is 653. The third kappa shape index (κ3) is 4.49. The number of hydrogen-bond acceptors (Lipinski definition) is 6. The summed E-state index contributed by atoms with van der Waals surface area (Å²) >= 11 is 0. The fourth-order valence-electron chi connectivity index (χ4n) is 3.47. The van der Waals surface area contributed by atoms with Gasteiger partial charge in [0.2, 0.25) is 17.8 Å². The Morgan fingerprint density at radius 1 is 1.23 bits per heavy atom. The van der Waals surface area contributed by atoms with Crippen molar-refractivity contribution in [1.29, 1.82) is 0 Å². The number of nitrogens with two attached hydrogens (primary N) is 1. The van der Waals surface area contributed by atoms with E-state index in [9.17, 15) is 9.59 Å². The van der Waals surface area contributed by atoms with Gasteiger partial charge in [-0.2, -0.15) is 0 Å². The molecule has 0 spiro atoms. The van der Waals surface area contributed by atoms with Gasteiger partial charge in [0.1, 0.15) is 6.04 Å². The van der Waals surface area contributed by atoms with E-state index in [4.69, 9.17) is 5.73 Å². The van der Waals surface area contributed by atoms with E-state index in [1.165, 1.54) is 0 Å². The predicted molar refractivity (Wildman–Crippen MR) is 101 cm³/mol. The molecule has 0 radical (unpaired) electrons. The zero-order chi connectivity index (χ0) is 19.4. The molecular weight excluding hydrogens is 332 g/mol. The van der Waals surface area contributed by atoms with E-state index in [0.29, 0.717) is 32.0 Å². The maximum Gasteiger partial charge on any atom is 0.243 e. The van der Waals surface area contributed by atoms with Crippen LogP contribution in [0.4, 0.5) is 5.95 Å². The van der Waals surface area contributed by atoms with Crippen LogP contribution in [0.2, 0.25) is 0 Å². The molecule has 1 fully saturated rings. The lowest BCUT2D eigenvalue weighted by molar-refractivity contribution is -0.144. The molecular formula is C18H30N6O2. The van der Waals surface area contributed by atoms with Crippen molar-refractivity contribution in [1.82, 2.24) is 25.1 Å². The number of aryl methyl sites for hydroxylation is 2. The van der Waals surface area contributed by atoms with Gasteiger partial charge >= 0.3 is 0 Å². The van der Waals surface area contributed by atoms with Crippen LogP contribution in [0.25, 0.3) is 0 Å².